The number of rotatable bonds is 2. The number of hydrogen-bond donors (Lipinski definition) is 1. The third kappa shape index (κ3) is 4.24. The minimum absolute atomic E-state index is 0.0152. The zero-order valence-corrected chi connectivity index (χ0v) is 17.3. The number of hydrogen-bond acceptors (Lipinski definition) is 3. The number of ketones is 1. The predicted octanol–water partition coefficient (Wildman–Crippen LogP) is 4.58. The zero-order chi connectivity index (χ0) is 20.0. The molecule has 2 fully saturated rings. The summed E-state index contributed by atoms with van der Waals surface area (Å²) in [5.74, 6) is -0.101. The molecule has 1 N–H and O–H groups in total. The number of alkyl halides is 3. The van der Waals surface area contributed by atoms with Crippen molar-refractivity contribution in [2.75, 3.05) is 5.75 Å². The normalized spacial score (nSPS) is 27.2. The van der Waals surface area contributed by atoms with Crippen LogP contribution < -0.4 is 0 Å². The lowest BCUT2D eigenvalue weighted by Crippen LogP contribution is -2.42. The van der Waals surface area contributed by atoms with Crippen LogP contribution in [0.2, 0.25) is 0 Å². The van der Waals surface area contributed by atoms with Crippen LogP contribution in [0.1, 0.15) is 38.7 Å². The summed E-state index contributed by atoms with van der Waals surface area (Å²) < 4.78 is 67.5. The van der Waals surface area contributed by atoms with Gasteiger partial charge >= 0.3 is 6.18 Å². The molecule has 0 aromatic heterocycles. The van der Waals surface area contributed by atoms with Gasteiger partial charge in [0.25, 0.3) is 10.1 Å². The second-order valence-corrected chi connectivity index (χ2v) is 10.1. The quantitative estimate of drug-likeness (QED) is 0.473. The maximum Gasteiger partial charge on any atom is 0.416 e. The molecule has 9 heteroatoms. The van der Waals surface area contributed by atoms with Gasteiger partial charge in [0.15, 0.2) is 0 Å². The molecular formula is C17H20F3IO4S. The molecule has 0 amide bonds. The van der Waals surface area contributed by atoms with Crippen LogP contribution in [-0.2, 0) is 21.1 Å². The molecule has 2 atom stereocenters. The fourth-order valence-electron chi connectivity index (χ4n) is 4.06. The van der Waals surface area contributed by atoms with E-state index >= 15 is 0 Å². The highest BCUT2D eigenvalue weighted by Gasteiger charge is 2.65. The summed E-state index contributed by atoms with van der Waals surface area (Å²) in [4.78, 5) is 11.9. The highest BCUT2D eigenvalue weighted by Crippen LogP contribution is 2.64. The van der Waals surface area contributed by atoms with E-state index in [4.69, 9.17) is 4.55 Å². The van der Waals surface area contributed by atoms with E-state index in [-0.39, 0.29) is 17.1 Å². The largest absolute Gasteiger partial charge is 0.416 e. The van der Waals surface area contributed by atoms with E-state index in [9.17, 15) is 26.4 Å². The molecule has 0 aliphatic heterocycles. The summed E-state index contributed by atoms with van der Waals surface area (Å²) in [5, 5.41) is 0. The first-order chi connectivity index (χ1) is 11.7. The van der Waals surface area contributed by atoms with Gasteiger partial charge in [0, 0.05) is 9.99 Å². The molecule has 2 saturated carbocycles. The molecule has 0 spiro atoms. The standard InChI is InChI=1S/C10H16O4S.C7H4F3I/c1-9(2)7-3-4-10(9,8(11)5-7)6-15(12,13)14;8-7(9,10)5-1-3-6(11)4-2-5/h7H,3-6H2,1-2H3,(H,12,13,14);1-4H. The lowest BCUT2D eigenvalue weighted by Gasteiger charge is -2.35. The van der Waals surface area contributed by atoms with Crippen LogP contribution >= 0.6 is 22.6 Å². The van der Waals surface area contributed by atoms with Crippen LogP contribution in [-0.4, -0.2) is 24.5 Å². The molecule has 2 aliphatic rings. The third-order valence-corrected chi connectivity index (χ3v) is 7.32. The fraction of sp³-hybridized carbons (Fsp3) is 0.588. The van der Waals surface area contributed by atoms with Crippen LogP contribution in [0, 0.1) is 20.3 Å². The maximum absolute atomic E-state index is 11.9. The van der Waals surface area contributed by atoms with Crippen LogP contribution in [0.4, 0.5) is 13.2 Å². The van der Waals surface area contributed by atoms with E-state index in [0.717, 1.165) is 22.1 Å². The Morgan fingerprint density at radius 1 is 1.23 bits per heavy atom. The monoisotopic (exact) mass is 504 g/mol. The van der Waals surface area contributed by atoms with Gasteiger partial charge in [-0.15, -0.1) is 0 Å². The maximum atomic E-state index is 11.9. The molecule has 1 aromatic rings. The Labute approximate surface area is 164 Å². The van der Waals surface area contributed by atoms with Gasteiger partial charge in [-0.25, -0.2) is 0 Å². The van der Waals surface area contributed by atoms with Crippen molar-refractivity contribution in [3.8, 4) is 0 Å². The van der Waals surface area contributed by atoms with Gasteiger partial charge in [0.1, 0.15) is 5.78 Å². The Hall–Kier alpha value is -0.680. The number of fused-ring (bicyclic) bond motifs is 2. The fourth-order valence-corrected chi connectivity index (χ4v) is 5.72. The molecule has 0 radical (unpaired) electrons. The van der Waals surface area contributed by atoms with E-state index < -0.39 is 33.0 Å². The summed E-state index contributed by atoms with van der Waals surface area (Å²) in [6.07, 6.45) is -2.25. The SMILES string of the molecule is CC1(C)C2CCC1(CS(=O)(=O)O)C(=O)C2.FC(F)(F)c1ccc(I)cc1. The first kappa shape index (κ1) is 21.6. The molecular weight excluding hydrogens is 484 g/mol. The second kappa shape index (κ2) is 7.05. The van der Waals surface area contributed by atoms with E-state index in [2.05, 4.69) is 0 Å². The summed E-state index contributed by atoms with van der Waals surface area (Å²) in [6, 6.07) is 5.01. The van der Waals surface area contributed by atoms with Crippen LogP contribution in [0.15, 0.2) is 24.3 Å². The Balaban J connectivity index is 0.000000197. The van der Waals surface area contributed by atoms with Crippen molar-refractivity contribution in [2.24, 2.45) is 16.7 Å². The molecule has 4 nitrogen and oxygen atoms in total. The van der Waals surface area contributed by atoms with E-state index in [0.29, 0.717) is 12.8 Å². The van der Waals surface area contributed by atoms with Gasteiger partial charge in [-0.1, -0.05) is 13.8 Å². The van der Waals surface area contributed by atoms with Gasteiger partial charge in [-0.3, -0.25) is 9.35 Å². The number of carbonyl (C=O) groups is 1. The Kier molecular flexibility index (Phi) is 5.86. The highest BCUT2D eigenvalue weighted by atomic mass is 127. The van der Waals surface area contributed by atoms with Crippen LogP contribution in [0.5, 0.6) is 0 Å². The molecule has 3 rings (SSSR count). The third-order valence-electron chi connectivity index (χ3n) is 5.74. The number of halogens is 4. The topological polar surface area (TPSA) is 71.4 Å². The number of carbonyl (C=O) groups excluding carboxylic acids is 1. The molecule has 2 bridgehead atoms. The summed E-state index contributed by atoms with van der Waals surface area (Å²) >= 11 is 1.96. The summed E-state index contributed by atoms with van der Waals surface area (Å²) in [6.45, 7) is 3.89. The predicted molar refractivity (Wildman–Crippen MR) is 99.1 cm³/mol. The lowest BCUT2D eigenvalue weighted by atomic mass is 9.70. The average molecular weight is 504 g/mol. The Bertz CT molecular complexity index is 787. The second-order valence-electron chi connectivity index (χ2n) is 7.40. The molecule has 1 aromatic carbocycles. The minimum atomic E-state index is -4.22. The first-order valence-corrected chi connectivity index (χ1v) is 10.7. The molecule has 26 heavy (non-hydrogen) atoms. The van der Waals surface area contributed by atoms with E-state index in [1.807, 2.05) is 36.4 Å². The zero-order valence-electron chi connectivity index (χ0n) is 14.3. The highest BCUT2D eigenvalue weighted by molar-refractivity contribution is 14.1. The van der Waals surface area contributed by atoms with Crippen molar-refractivity contribution in [3.63, 3.8) is 0 Å². The average Bonchev–Trinajstić information content (AvgIpc) is 2.79. The minimum Gasteiger partial charge on any atom is -0.299 e. The van der Waals surface area contributed by atoms with Gasteiger partial charge < -0.3 is 0 Å². The molecule has 0 saturated heterocycles. The van der Waals surface area contributed by atoms with Crippen molar-refractivity contribution >= 4 is 38.5 Å². The van der Waals surface area contributed by atoms with Crippen molar-refractivity contribution in [1.29, 1.82) is 0 Å². The molecule has 0 heterocycles. The van der Waals surface area contributed by atoms with Gasteiger partial charge in [0.2, 0.25) is 0 Å². The van der Waals surface area contributed by atoms with Crippen molar-refractivity contribution in [3.05, 3.63) is 33.4 Å². The smallest absolute Gasteiger partial charge is 0.299 e. The summed E-state index contributed by atoms with van der Waals surface area (Å²) in [5.41, 5.74) is -1.72. The van der Waals surface area contributed by atoms with Crippen molar-refractivity contribution in [2.45, 2.75) is 39.3 Å². The molecule has 146 valence electrons. The Morgan fingerprint density at radius 3 is 2.12 bits per heavy atom. The number of Topliss-reactive ketones (excluding diaryl/α,β-unsaturated/α-hetero) is 1. The lowest BCUT2D eigenvalue weighted by molar-refractivity contribution is -0.137. The van der Waals surface area contributed by atoms with Gasteiger partial charge in [-0.2, -0.15) is 21.6 Å². The van der Waals surface area contributed by atoms with Gasteiger partial charge in [-0.05, 0) is 71.0 Å². The van der Waals surface area contributed by atoms with Crippen molar-refractivity contribution < 1.29 is 30.9 Å². The molecule has 2 aliphatic carbocycles. The Morgan fingerprint density at radius 2 is 1.77 bits per heavy atom. The molecule has 2 unspecified atom stereocenters. The van der Waals surface area contributed by atoms with Gasteiger partial charge in [0.05, 0.1) is 16.7 Å². The first-order valence-electron chi connectivity index (χ1n) is 8.00. The number of benzene rings is 1. The van der Waals surface area contributed by atoms with Crippen molar-refractivity contribution in [1.82, 2.24) is 0 Å². The van der Waals surface area contributed by atoms with Crippen LogP contribution in [0.3, 0.4) is 0 Å². The van der Waals surface area contributed by atoms with E-state index in [1.165, 1.54) is 12.1 Å². The van der Waals surface area contributed by atoms with E-state index in [1.54, 1.807) is 0 Å². The van der Waals surface area contributed by atoms with Crippen LogP contribution in [0.25, 0.3) is 0 Å². The summed E-state index contributed by atoms with van der Waals surface area (Å²) in [7, 11) is -4.08.